The minimum atomic E-state index is -1.97. The van der Waals surface area contributed by atoms with E-state index in [4.69, 9.17) is 11.3 Å². The summed E-state index contributed by atoms with van der Waals surface area (Å²) in [5, 5.41) is 0. The molecule has 2 amide bonds. The van der Waals surface area contributed by atoms with Crippen LogP contribution in [-0.4, -0.2) is 24.9 Å². The molecule has 0 saturated carbocycles. The van der Waals surface area contributed by atoms with Crippen LogP contribution in [-0.2, 0) is 24.7 Å². The fourth-order valence-electron chi connectivity index (χ4n) is 3.32. The number of imide groups is 1. The van der Waals surface area contributed by atoms with Crippen LogP contribution < -0.4 is 4.90 Å². The first-order chi connectivity index (χ1) is 13.0. The van der Waals surface area contributed by atoms with Gasteiger partial charge in [-0.05, 0) is 24.3 Å². The van der Waals surface area contributed by atoms with Gasteiger partial charge in [0.1, 0.15) is 11.7 Å². The number of esters is 1. The van der Waals surface area contributed by atoms with Crippen molar-refractivity contribution >= 4 is 23.5 Å². The van der Waals surface area contributed by atoms with Gasteiger partial charge in [0.25, 0.3) is 0 Å². The Balaban J connectivity index is 2.10. The van der Waals surface area contributed by atoms with Crippen LogP contribution in [0.25, 0.3) is 4.85 Å². The molecule has 6 nitrogen and oxygen atoms in total. The second-order valence-electron chi connectivity index (χ2n) is 6.04. The molecule has 0 spiro atoms. The molecular weight excluding hydrogens is 351 g/mol. The first-order valence-corrected chi connectivity index (χ1v) is 8.10. The van der Waals surface area contributed by atoms with Crippen molar-refractivity contribution in [2.75, 3.05) is 12.0 Å². The van der Waals surface area contributed by atoms with Crippen molar-refractivity contribution < 1.29 is 23.5 Å². The third kappa shape index (κ3) is 2.85. The Morgan fingerprint density at radius 2 is 1.81 bits per heavy atom. The highest BCUT2D eigenvalue weighted by atomic mass is 19.1. The quantitative estimate of drug-likeness (QED) is 0.474. The minimum absolute atomic E-state index is 0.186. The molecule has 27 heavy (non-hydrogen) atoms. The van der Waals surface area contributed by atoms with E-state index < -0.39 is 35.1 Å². The molecule has 0 aliphatic carbocycles. The van der Waals surface area contributed by atoms with Gasteiger partial charge in [-0.1, -0.05) is 30.3 Å². The molecule has 3 rings (SSSR count). The third-order valence-electron chi connectivity index (χ3n) is 4.62. The van der Waals surface area contributed by atoms with E-state index in [0.717, 1.165) is 24.1 Å². The van der Waals surface area contributed by atoms with Crippen molar-refractivity contribution in [2.24, 2.45) is 5.92 Å². The molecule has 1 aliphatic rings. The number of nitrogens with zero attached hydrogens (tertiary/aromatic N) is 2. The fourth-order valence-corrected chi connectivity index (χ4v) is 3.32. The summed E-state index contributed by atoms with van der Waals surface area (Å²) in [4.78, 5) is 42.6. The van der Waals surface area contributed by atoms with Gasteiger partial charge >= 0.3 is 11.5 Å². The zero-order valence-corrected chi connectivity index (χ0v) is 14.4. The number of amides is 2. The Morgan fingerprint density at radius 3 is 2.37 bits per heavy atom. The molecule has 2 aromatic rings. The van der Waals surface area contributed by atoms with Crippen molar-refractivity contribution in [1.82, 2.24) is 0 Å². The summed E-state index contributed by atoms with van der Waals surface area (Å²) in [6.45, 7) is 7.69. The summed E-state index contributed by atoms with van der Waals surface area (Å²) < 4.78 is 18.0. The number of hydrogen-bond donors (Lipinski definition) is 0. The van der Waals surface area contributed by atoms with Gasteiger partial charge in [0.15, 0.2) is 0 Å². The SMILES string of the molecule is [C-]#[N+][C@](C(=O)OC)(c1ccccc1)[C@H]1CC(=O)N(c2ccc(F)cc2)C1=O. The van der Waals surface area contributed by atoms with E-state index in [1.54, 1.807) is 30.3 Å². The highest BCUT2D eigenvalue weighted by Crippen LogP contribution is 2.43. The summed E-state index contributed by atoms with van der Waals surface area (Å²) in [5.74, 6) is -3.93. The number of benzene rings is 2. The molecular formula is C20H15FN2O4. The maximum atomic E-state index is 13.2. The van der Waals surface area contributed by atoms with E-state index in [1.165, 1.54) is 12.1 Å². The van der Waals surface area contributed by atoms with Crippen LogP contribution in [0.3, 0.4) is 0 Å². The number of anilines is 1. The summed E-state index contributed by atoms with van der Waals surface area (Å²) in [6.07, 6.45) is -0.331. The molecule has 0 radical (unpaired) electrons. The van der Waals surface area contributed by atoms with Crippen molar-refractivity contribution in [3.63, 3.8) is 0 Å². The van der Waals surface area contributed by atoms with Gasteiger partial charge < -0.3 is 4.74 Å². The molecule has 1 aliphatic heterocycles. The zero-order valence-electron chi connectivity index (χ0n) is 14.4. The van der Waals surface area contributed by atoms with Crippen LogP contribution in [0.2, 0.25) is 0 Å². The first-order valence-electron chi connectivity index (χ1n) is 8.10. The number of hydrogen-bond acceptors (Lipinski definition) is 4. The molecule has 2 aromatic carbocycles. The maximum absolute atomic E-state index is 13.2. The van der Waals surface area contributed by atoms with E-state index in [2.05, 4.69) is 4.85 Å². The average Bonchev–Trinajstić information content (AvgIpc) is 2.99. The number of methoxy groups -OCH3 is 1. The lowest BCUT2D eigenvalue weighted by Crippen LogP contribution is -2.45. The van der Waals surface area contributed by atoms with Gasteiger partial charge in [-0.2, -0.15) is 0 Å². The Kier molecular flexibility index (Phi) is 4.74. The lowest BCUT2D eigenvalue weighted by Gasteiger charge is -2.24. The van der Waals surface area contributed by atoms with E-state index in [1.807, 2.05) is 0 Å². The highest BCUT2D eigenvalue weighted by Gasteiger charge is 2.63. The van der Waals surface area contributed by atoms with Crippen LogP contribution in [0.5, 0.6) is 0 Å². The molecule has 0 unspecified atom stereocenters. The summed E-state index contributed by atoms with van der Waals surface area (Å²) in [5.41, 5.74) is -1.51. The molecule has 0 aromatic heterocycles. The van der Waals surface area contributed by atoms with Gasteiger partial charge in [0, 0.05) is 12.0 Å². The number of carbonyl (C=O) groups excluding carboxylic acids is 3. The van der Waals surface area contributed by atoms with Crippen molar-refractivity contribution in [2.45, 2.75) is 12.0 Å². The van der Waals surface area contributed by atoms with Gasteiger partial charge in [-0.15, -0.1) is 0 Å². The van der Waals surface area contributed by atoms with E-state index in [0.29, 0.717) is 0 Å². The van der Waals surface area contributed by atoms with Crippen LogP contribution in [0.1, 0.15) is 12.0 Å². The van der Waals surface area contributed by atoms with Crippen molar-refractivity contribution in [1.29, 1.82) is 0 Å². The predicted molar refractivity (Wildman–Crippen MR) is 93.7 cm³/mol. The number of carbonyl (C=O) groups is 3. The Bertz CT molecular complexity index is 937. The molecule has 2 atom stereocenters. The summed E-state index contributed by atoms with van der Waals surface area (Å²) in [6, 6.07) is 12.9. The molecule has 136 valence electrons. The second-order valence-corrected chi connectivity index (χ2v) is 6.04. The van der Waals surface area contributed by atoms with E-state index in [9.17, 15) is 18.8 Å². The Hall–Kier alpha value is -3.53. The third-order valence-corrected chi connectivity index (χ3v) is 4.62. The molecule has 1 heterocycles. The van der Waals surface area contributed by atoms with Crippen LogP contribution >= 0.6 is 0 Å². The Labute approximate surface area is 155 Å². The van der Waals surface area contributed by atoms with Gasteiger partial charge in [-0.25, -0.2) is 20.7 Å². The standard InChI is InChI=1S/C20H15FN2O4/c1-22-20(19(26)27-2,13-6-4-3-5-7-13)16-12-17(24)23(18(16)25)15-10-8-14(21)9-11-15/h3-11,16H,12H2,2H3/t16-,20+/m0/s1. The van der Waals surface area contributed by atoms with Crippen LogP contribution in [0.4, 0.5) is 10.1 Å². The zero-order chi connectivity index (χ0) is 19.6. The topological polar surface area (TPSA) is 68.0 Å². The molecule has 7 heteroatoms. The summed E-state index contributed by atoms with van der Waals surface area (Å²) in [7, 11) is 1.13. The van der Waals surface area contributed by atoms with Crippen LogP contribution in [0, 0.1) is 18.3 Å². The minimum Gasteiger partial charge on any atom is -0.463 e. The normalized spacial score (nSPS) is 18.7. The highest BCUT2D eigenvalue weighted by molar-refractivity contribution is 6.22. The van der Waals surface area contributed by atoms with Crippen LogP contribution in [0.15, 0.2) is 54.6 Å². The summed E-state index contributed by atoms with van der Waals surface area (Å²) >= 11 is 0. The fraction of sp³-hybridized carbons (Fsp3) is 0.200. The molecule has 1 fully saturated rings. The lowest BCUT2D eigenvalue weighted by molar-refractivity contribution is -0.149. The van der Waals surface area contributed by atoms with E-state index in [-0.39, 0.29) is 17.7 Å². The molecule has 1 saturated heterocycles. The first kappa shape index (κ1) is 18.3. The lowest BCUT2D eigenvalue weighted by atomic mass is 9.77. The van der Waals surface area contributed by atoms with Gasteiger partial charge in [0.2, 0.25) is 11.8 Å². The second kappa shape index (κ2) is 7.00. The predicted octanol–water partition coefficient (Wildman–Crippen LogP) is 2.69. The number of ether oxygens (including phenoxy) is 1. The van der Waals surface area contributed by atoms with E-state index >= 15 is 0 Å². The number of rotatable bonds is 4. The van der Waals surface area contributed by atoms with Gasteiger partial charge in [0.05, 0.1) is 12.8 Å². The monoisotopic (exact) mass is 366 g/mol. The largest absolute Gasteiger partial charge is 0.463 e. The van der Waals surface area contributed by atoms with Crippen molar-refractivity contribution in [3.05, 3.63) is 77.4 Å². The molecule has 0 N–H and O–H groups in total. The van der Waals surface area contributed by atoms with Crippen molar-refractivity contribution in [3.8, 4) is 0 Å². The van der Waals surface area contributed by atoms with Gasteiger partial charge in [-0.3, -0.25) is 14.4 Å². The maximum Gasteiger partial charge on any atom is 0.399 e. The average molecular weight is 366 g/mol. The smallest absolute Gasteiger partial charge is 0.399 e. The Morgan fingerprint density at radius 1 is 1.19 bits per heavy atom. The number of halogens is 1. The molecule has 0 bridgehead atoms.